The lowest BCUT2D eigenvalue weighted by molar-refractivity contribution is 0.0937. The monoisotopic (exact) mass is 242 g/mol. The van der Waals surface area contributed by atoms with E-state index in [1.54, 1.807) is 24.5 Å². The molecule has 0 fully saturated rings. The molecule has 1 amide bonds. The minimum Gasteiger partial charge on any atom is -0.345 e. The number of rotatable bonds is 3. The van der Waals surface area contributed by atoms with Crippen LogP contribution in [0.4, 0.5) is 0 Å². The number of nitrogens with one attached hydrogen (secondary N) is 2. The predicted octanol–water partition coefficient (Wildman–Crippen LogP) is 1.84. The second-order valence-electron chi connectivity index (χ2n) is 4.46. The first-order valence-electron chi connectivity index (χ1n) is 5.75. The number of carbonyl (C=O) groups excluding carboxylic acids is 1. The number of imidazole rings is 1. The Labute approximate surface area is 105 Å². The van der Waals surface area contributed by atoms with Gasteiger partial charge in [-0.15, -0.1) is 0 Å². The molecule has 0 aliphatic heterocycles. The maximum Gasteiger partial charge on any atom is 0.252 e. The van der Waals surface area contributed by atoms with E-state index in [0.717, 1.165) is 11.0 Å². The molecule has 92 valence electrons. The van der Waals surface area contributed by atoms with Crippen molar-refractivity contribution >= 4 is 16.9 Å². The SMILES string of the molecule is CC(C)C(C#N)NC(=O)c1ccc2nc[nH]c2c1. The number of carbonyl (C=O) groups is 1. The van der Waals surface area contributed by atoms with Crippen LogP contribution in [-0.4, -0.2) is 21.9 Å². The van der Waals surface area contributed by atoms with Gasteiger partial charge in [-0.25, -0.2) is 4.98 Å². The van der Waals surface area contributed by atoms with Crippen LogP contribution in [0.15, 0.2) is 24.5 Å². The summed E-state index contributed by atoms with van der Waals surface area (Å²) in [5, 5.41) is 11.7. The molecule has 0 spiro atoms. The fraction of sp³-hybridized carbons (Fsp3) is 0.308. The maximum atomic E-state index is 12.0. The highest BCUT2D eigenvalue weighted by molar-refractivity contribution is 5.97. The van der Waals surface area contributed by atoms with Gasteiger partial charge in [0.25, 0.3) is 5.91 Å². The van der Waals surface area contributed by atoms with Gasteiger partial charge in [-0.05, 0) is 24.1 Å². The van der Waals surface area contributed by atoms with E-state index in [-0.39, 0.29) is 11.8 Å². The van der Waals surface area contributed by atoms with Crippen LogP contribution in [0.3, 0.4) is 0 Å². The van der Waals surface area contributed by atoms with Crippen LogP contribution >= 0.6 is 0 Å². The Morgan fingerprint density at radius 2 is 2.28 bits per heavy atom. The third-order valence-electron chi connectivity index (χ3n) is 2.77. The van der Waals surface area contributed by atoms with Gasteiger partial charge < -0.3 is 10.3 Å². The van der Waals surface area contributed by atoms with Gasteiger partial charge in [0.1, 0.15) is 6.04 Å². The molecule has 5 nitrogen and oxygen atoms in total. The van der Waals surface area contributed by atoms with Gasteiger partial charge in [0.15, 0.2) is 0 Å². The van der Waals surface area contributed by atoms with Crippen molar-refractivity contribution in [3.63, 3.8) is 0 Å². The molecular weight excluding hydrogens is 228 g/mol. The number of hydrogen-bond donors (Lipinski definition) is 2. The molecule has 0 saturated heterocycles. The molecule has 0 radical (unpaired) electrons. The van der Waals surface area contributed by atoms with Crippen LogP contribution in [0.2, 0.25) is 0 Å². The van der Waals surface area contributed by atoms with Gasteiger partial charge in [-0.3, -0.25) is 4.79 Å². The Morgan fingerprint density at radius 1 is 1.50 bits per heavy atom. The lowest BCUT2D eigenvalue weighted by atomic mass is 10.1. The minimum absolute atomic E-state index is 0.0786. The molecule has 1 atom stereocenters. The predicted molar refractivity (Wildman–Crippen MR) is 67.8 cm³/mol. The largest absolute Gasteiger partial charge is 0.345 e. The Balaban J connectivity index is 2.20. The number of amides is 1. The van der Waals surface area contributed by atoms with Crippen molar-refractivity contribution in [3.8, 4) is 6.07 Å². The standard InChI is InChI=1S/C13H14N4O/c1-8(2)12(6-14)17-13(18)9-3-4-10-11(5-9)16-7-15-10/h3-5,7-8,12H,1-2H3,(H,15,16)(H,17,18). The summed E-state index contributed by atoms with van der Waals surface area (Å²) in [6.07, 6.45) is 1.58. The highest BCUT2D eigenvalue weighted by atomic mass is 16.1. The molecule has 2 rings (SSSR count). The molecule has 2 N–H and O–H groups in total. The summed E-state index contributed by atoms with van der Waals surface area (Å²) in [5.74, 6) is -0.165. The van der Waals surface area contributed by atoms with E-state index in [2.05, 4.69) is 21.4 Å². The second kappa shape index (κ2) is 4.88. The fourth-order valence-electron chi connectivity index (χ4n) is 1.65. The molecule has 1 aromatic carbocycles. The number of nitrogens with zero attached hydrogens (tertiary/aromatic N) is 2. The fourth-order valence-corrected chi connectivity index (χ4v) is 1.65. The van der Waals surface area contributed by atoms with Gasteiger partial charge in [-0.1, -0.05) is 13.8 Å². The van der Waals surface area contributed by atoms with E-state index in [0.29, 0.717) is 5.56 Å². The Morgan fingerprint density at radius 3 is 2.94 bits per heavy atom. The molecule has 1 unspecified atom stereocenters. The summed E-state index contributed by atoms with van der Waals surface area (Å²) in [7, 11) is 0. The Kier molecular flexibility index (Phi) is 3.28. The van der Waals surface area contributed by atoms with Crippen molar-refractivity contribution in [2.75, 3.05) is 0 Å². The molecule has 0 saturated carbocycles. The zero-order valence-corrected chi connectivity index (χ0v) is 10.3. The summed E-state index contributed by atoms with van der Waals surface area (Å²) in [5.41, 5.74) is 2.14. The van der Waals surface area contributed by atoms with Gasteiger partial charge >= 0.3 is 0 Å². The van der Waals surface area contributed by atoms with Crippen molar-refractivity contribution < 1.29 is 4.79 Å². The lowest BCUT2D eigenvalue weighted by Crippen LogP contribution is -2.37. The number of fused-ring (bicyclic) bond motifs is 1. The van der Waals surface area contributed by atoms with Crippen molar-refractivity contribution in [1.82, 2.24) is 15.3 Å². The van der Waals surface area contributed by atoms with E-state index < -0.39 is 6.04 Å². The lowest BCUT2D eigenvalue weighted by Gasteiger charge is -2.14. The van der Waals surface area contributed by atoms with Gasteiger partial charge in [0.05, 0.1) is 23.4 Å². The van der Waals surface area contributed by atoms with Crippen LogP contribution in [0.5, 0.6) is 0 Å². The molecule has 1 aromatic heterocycles. The zero-order valence-electron chi connectivity index (χ0n) is 10.3. The summed E-state index contributed by atoms with van der Waals surface area (Å²) in [4.78, 5) is 19.0. The number of hydrogen-bond acceptors (Lipinski definition) is 3. The summed E-state index contributed by atoms with van der Waals surface area (Å²) >= 11 is 0. The number of benzene rings is 1. The van der Waals surface area contributed by atoms with Crippen LogP contribution in [-0.2, 0) is 0 Å². The number of H-pyrrole nitrogens is 1. The topological polar surface area (TPSA) is 81.6 Å². The van der Waals surface area contributed by atoms with E-state index in [1.807, 2.05) is 13.8 Å². The van der Waals surface area contributed by atoms with E-state index in [1.165, 1.54) is 0 Å². The third kappa shape index (κ3) is 2.33. The summed E-state index contributed by atoms with van der Waals surface area (Å²) in [6.45, 7) is 3.79. The van der Waals surface area contributed by atoms with Crippen LogP contribution in [0.1, 0.15) is 24.2 Å². The highest BCUT2D eigenvalue weighted by Crippen LogP contribution is 2.12. The quantitative estimate of drug-likeness (QED) is 0.861. The average Bonchev–Trinajstić information content (AvgIpc) is 2.82. The summed E-state index contributed by atoms with van der Waals surface area (Å²) < 4.78 is 0. The third-order valence-corrected chi connectivity index (χ3v) is 2.77. The molecule has 0 bridgehead atoms. The van der Waals surface area contributed by atoms with Crippen molar-refractivity contribution in [1.29, 1.82) is 5.26 Å². The first-order valence-corrected chi connectivity index (χ1v) is 5.75. The highest BCUT2D eigenvalue weighted by Gasteiger charge is 2.16. The average molecular weight is 242 g/mol. The van der Waals surface area contributed by atoms with Crippen molar-refractivity contribution in [2.45, 2.75) is 19.9 Å². The van der Waals surface area contributed by atoms with E-state index in [9.17, 15) is 4.79 Å². The molecule has 0 aliphatic carbocycles. The second-order valence-corrected chi connectivity index (χ2v) is 4.46. The van der Waals surface area contributed by atoms with Gasteiger partial charge in [-0.2, -0.15) is 5.26 Å². The maximum absolute atomic E-state index is 12.0. The van der Waals surface area contributed by atoms with Crippen molar-refractivity contribution in [3.05, 3.63) is 30.1 Å². The Bertz CT molecular complexity index is 609. The first kappa shape index (κ1) is 12.1. The molecule has 2 aromatic rings. The van der Waals surface area contributed by atoms with E-state index in [4.69, 9.17) is 5.26 Å². The number of aromatic nitrogens is 2. The van der Waals surface area contributed by atoms with E-state index >= 15 is 0 Å². The normalized spacial score (nSPS) is 12.3. The number of nitriles is 1. The van der Waals surface area contributed by atoms with Crippen LogP contribution in [0.25, 0.3) is 11.0 Å². The molecule has 5 heteroatoms. The van der Waals surface area contributed by atoms with Crippen LogP contribution < -0.4 is 5.32 Å². The summed E-state index contributed by atoms with van der Waals surface area (Å²) in [6, 6.07) is 6.81. The Hall–Kier alpha value is -2.35. The number of aromatic amines is 1. The van der Waals surface area contributed by atoms with Gasteiger partial charge in [0, 0.05) is 5.56 Å². The van der Waals surface area contributed by atoms with Gasteiger partial charge in [0.2, 0.25) is 0 Å². The molecular formula is C13H14N4O. The minimum atomic E-state index is -0.477. The first-order chi connectivity index (χ1) is 8.61. The van der Waals surface area contributed by atoms with Crippen molar-refractivity contribution in [2.24, 2.45) is 5.92 Å². The molecule has 1 heterocycles. The molecule has 0 aliphatic rings. The zero-order chi connectivity index (χ0) is 13.1. The molecule has 18 heavy (non-hydrogen) atoms. The smallest absolute Gasteiger partial charge is 0.252 e. The van der Waals surface area contributed by atoms with Crippen LogP contribution in [0, 0.1) is 17.2 Å².